The molecule has 88 valence electrons. The summed E-state index contributed by atoms with van der Waals surface area (Å²) in [5, 5.41) is 8.94. The lowest BCUT2D eigenvalue weighted by Gasteiger charge is -2.20. The van der Waals surface area contributed by atoms with Crippen molar-refractivity contribution in [2.24, 2.45) is 0 Å². The molecule has 1 atom stereocenters. The predicted molar refractivity (Wildman–Crippen MR) is 56.3 cm³/mol. The average molecular weight is 234 g/mol. The zero-order valence-electron chi connectivity index (χ0n) is 8.87. The van der Waals surface area contributed by atoms with E-state index in [1.54, 1.807) is 6.07 Å². The first kappa shape index (κ1) is 11.3. The Hall–Kier alpha value is -2.24. The maximum Gasteiger partial charge on any atom is 0.326 e. The van der Waals surface area contributed by atoms with Gasteiger partial charge in [0.2, 0.25) is 0 Å². The van der Waals surface area contributed by atoms with E-state index in [-0.39, 0.29) is 24.3 Å². The number of Topliss-reactive ketones (excluding diaryl/α,β-unsaturated/α-hetero) is 1. The van der Waals surface area contributed by atoms with Gasteiger partial charge in [0.25, 0.3) is 5.91 Å². The number of likely N-dealkylation sites (tertiary alicyclic amines) is 1. The summed E-state index contributed by atoms with van der Waals surface area (Å²) in [7, 11) is 0. The molecule has 1 aliphatic rings. The van der Waals surface area contributed by atoms with Crippen LogP contribution in [0.15, 0.2) is 24.5 Å². The molecule has 0 aromatic carbocycles. The monoisotopic (exact) mass is 234 g/mol. The Balaban J connectivity index is 2.25. The minimum absolute atomic E-state index is 0.124. The fourth-order valence-corrected chi connectivity index (χ4v) is 1.78. The quantitative estimate of drug-likeness (QED) is 0.775. The second kappa shape index (κ2) is 4.32. The van der Waals surface area contributed by atoms with Crippen LogP contribution in [-0.4, -0.2) is 45.2 Å². The van der Waals surface area contributed by atoms with Gasteiger partial charge in [-0.05, 0) is 12.1 Å². The van der Waals surface area contributed by atoms with Crippen molar-refractivity contribution in [1.82, 2.24) is 9.88 Å². The van der Waals surface area contributed by atoms with E-state index in [9.17, 15) is 14.4 Å². The van der Waals surface area contributed by atoms with Gasteiger partial charge in [-0.1, -0.05) is 0 Å². The van der Waals surface area contributed by atoms with Gasteiger partial charge in [-0.15, -0.1) is 0 Å². The van der Waals surface area contributed by atoms with Gasteiger partial charge in [0.15, 0.2) is 5.78 Å². The van der Waals surface area contributed by atoms with Gasteiger partial charge in [-0.25, -0.2) is 4.79 Å². The van der Waals surface area contributed by atoms with Gasteiger partial charge < -0.3 is 10.0 Å². The Morgan fingerprint density at radius 2 is 2.24 bits per heavy atom. The summed E-state index contributed by atoms with van der Waals surface area (Å²) in [6.07, 6.45) is 2.74. The molecule has 0 spiro atoms. The van der Waals surface area contributed by atoms with Crippen molar-refractivity contribution in [3.63, 3.8) is 0 Å². The van der Waals surface area contributed by atoms with Crippen LogP contribution in [0.4, 0.5) is 0 Å². The number of carboxylic acid groups (broad SMARTS) is 1. The van der Waals surface area contributed by atoms with Crippen LogP contribution in [0.1, 0.15) is 16.8 Å². The fraction of sp³-hybridized carbons (Fsp3) is 0.273. The van der Waals surface area contributed by atoms with Crippen LogP contribution < -0.4 is 0 Å². The number of pyridine rings is 1. The Labute approximate surface area is 96.9 Å². The van der Waals surface area contributed by atoms with Gasteiger partial charge >= 0.3 is 5.97 Å². The van der Waals surface area contributed by atoms with Gasteiger partial charge in [0.1, 0.15) is 6.04 Å². The van der Waals surface area contributed by atoms with Gasteiger partial charge in [-0.3, -0.25) is 14.6 Å². The molecule has 1 amide bonds. The smallest absolute Gasteiger partial charge is 0.326 e. The summed E-state index contributed by atoms with van der Waals surface area (Å²) in [5.41, 5.74) is 0.286. The maximum absolute atomic E-state index is 12.0. The van der Waals surface area contributed by atoms with Gasteiger partial charge in [0.05, 0.1) is 12.1 Å². The Bertz CT molecular complexity index is 472. The number of hydrogen-bond donors (Lipinski definition) is 1. The topological polar surface area (TPSA) is 87.6 Å². The number of aliphatic carboxylic acids is 1. The third-order valence-electron chi connectivity index (χ3n) is 2.60. The van der Waals surface area contributed by atoms with Crippen LogP contribution in [-0.2, 0) is 9.59 Å². The molecule has 0 bridgehead atoms. The largest absolute Gasteiger partial charge is 0.480 e. The minimum atomic E-state index is -1.16. The normalized spacial score (nSPS) is 19.4. The summed E-state index contributed by atoms with van der Waals surface area (Å²) < 4.78 is 0. The molecule has 0 aliphatic carbocycles. The molecule has 6 nitrogen and oxygen atoms in total. The third kappa shape index (κ3) is 2.15. The van der Waals surface area contributed by atoms with E-state index in [0.29, 0.717) is 0 Å². The first-order chi connectivity index (χ1) is 8.09. The highest BCUT2D eigenvalue weighted by atomic mass is 16.4. The van der Waals surface area contributed by atoms with Crippen LogP contribution in [0.25, 0.3) is 0 Å². The van der Waals surface area contributed by atoms with Crippen LogP contribution in [0, 0.1) is 0 Å². The molecule has 1 N–H and O–H groups in total. The van der Waals surface area contributed by atoms with Crippen LogP contribution in [0.5, 0.6) is 0 Å². The molecule has 0 radical (unpaired) electrons. The highest BCUT2D eigenvalue weighted by Crippen LogP contribution is 2.17. The maximum atomic E-state index is 12.0. The first-order valence-corrected chi connectivity index (χ1v) is 5.05. The summed E-state index contributed by atoms with van der Waals surface area (Å²) in [6, 6.07) is 2.06. The van der Waals surface area contributed by atoms with E-state index in [1.165, 1.54) is 18.5 Å². The average Bonchev–Trinajstić information content (AvgIpc) is 2.72. The molecule has 2 heterocycles. The Morgan fingerprint density at radius 3 is 2.82 bits per heavy atom. The van der Waals surface area contributed by atoms with Crippen molar-refractivity contribution in [2.75, 3.05) is 6.54 Å². The van der Waals surface area contributed by atoms with Crippen molar-refractivity contribution in [3.8, 4) is 0 Å². The number of ketones is 1. The molecule has 0 saturated carbocycles. The standard InChI is InChI=1S/C11H10N2O4/c14-8-4-9(11(16)17)13(6-8)10(15)7-2-1-3-12-5-7/h1-3,5,9H,4,6H2,(H,16,17). The lowest BCUT2D eigenvalue weighted by molar-refractivity contribution is -0.141. The molecular formula is C11H10N2O4. The van der Waals surface area contributed by atoms with Gasteiger partial charge in [0, 0.05) is 18.8 Å². The zero-order chi connectivity index (χ0) is 12.4. The van der Waals surface area contributed by atoms with Crippen LogP contribution in [0.3, 0.4) is 0 Å². The lowest BCUT2D eigenvalue weighted by Crippen LogP contribution is -2.40. The Kier molecular flexibility index (Phi) is 2.86. The van der Waals surface area contributed by atoms with Crippen molar-refractivity contribution in [2.45, 2.75) is 12.5 Å². The number of amides is 1. The molecule has 6 heteroatoms. The first-order valence-electron chi connectivity index (χ1n) is 5.05. The molecule has 1 saturated heterocycles. The lowest BCUT2D eigenvalue weighted by atomic mass is 10.2. The second-order valence-corrected chi connectivity index (χ2v) is 3.77. The van der Waals surface area contributed by atoms with E-state index >= 15 is 0 Å². The SMILES string of the molecule is O=C1CC(C(=O)O)N(C(=O)c2cccnc2)C1. The molecular weight excluding hydrogens is 224 g/mol. The second-order valence-electron chi connectivity index (χ2n) is 3.77. The van der Waals surface area contributed by atoms with E-state index in [1.807, 2.05) is 0 Å². The van der Waals surface area contributed by atoms with Gasteiger partial charge in [-0.2, -0.15) is 0 Å². The van der Waals surface area contributed by atoms with E-state index in [0.717, 1.165) is 4.90 Å². The number of nitrogens with zero attached hydrogens (tertiary/aromatic N) is 2. The number of hydrogen-bond acceptors (Lipinski definition) is 4. The van der Waals surface area contributed by atoms with E-state index < -0.39 is 17.9 Å². The number of carbonyl (C=O) groups excluding carboxylic acids is 2. The summed E-state index contributed by atoms with van der Waals surface area (Å²) in [6.45, 7) is -0.148. The molecule has 1 unspecified atom stereocenters. The number of aromatic nitrogens is 1. The fourth-order valence-electron chi connectivity index (χ4n) is 1.78. The molecule has 1 fully saturated rings. The minimum Gasteiger partial charge on any atom is -0.480 e. The van der Waals surface area contributed by atoms with E-state index in [2.05, 4.69) is 4.98 Å². The summed E-state index contributed by atoms with van der Waals surface area (Å²) in [4.78, 5) is 39.0. The predicted octanol–water partition coefficient (Wildman–Crippen LogP) is -0.0502. The van der Waals surface area contributed by atoms with Crippen molar-refractivity contribution < 1.29 is 19.5 Å². The van der Waals surface area contributed by atoms with Crippen molar-refractivity contribution >= 4 is 17.7 Å². The van der Waals surface area contributed by atoms with Crippen LogP contribution in [0.2, 0.25) is 0 Å². The number of rotatable bonds is 2. The third-order valence-corrected chi connectivity index (χ3v) is 2.60. The van der Waals surface area contributed by atoms with Crippen molar-refractivity contribution in [3.05, 3.63) is 30.1 Å². The Morgan fingerprint density at radius 1 is 1.47 bits per heavy atom. The highest BCUT2D eigenvalue weighted by Gasteiger charge is 2.39. The summed E-state index contributed by atoms with van der Waals surface area (Å²) in [5.74, 6) is -1.88. The molecule has 1 aromatic rings. The summed E-state index contributed by atoms with van der Waals surface area (Å²) >= 11 is 0. The van der Waals surface area contributed by atoms with Crippen molar-refractivity contribution in [1.29, 1.82) is 0 Å². The number of carbonyl (C=O) groups is 3. The molecule has 1 aliphatic heterocycles. The van der Waals surface area contributed by atoms with Crippen LogP contribution >= 0.6 is 0 Å². The molecule has 2 rings (SSSR count). The zero-order valence-corrected chi connectivity index (χ0v) is 8.87. The highest BCUT2D eigenvalue weighted by molar-refractivity contribution is 6.02. The molecule has 1 aromatic heterocycles. The van der Waals surface area contributed by atoms with E-state index in [4.69, 9.17) is 5.11 Å². The molecule has 17 heavy (non-hydrogen) atoms. The number of carboxylic acids is 1.